The second-order valence-corrected chi connectivity index (χ2v) is 8.98. The van der Waals surface area contributed by atoms with Gasteiger partial charge in [-0.2, -0.15) is 0 Å². The van der Waals surface area contributed by atoms with Gasteiger partial charge in [0.15, 0.2) is 5.78 Å². The lowest BCUT2D eigenvalue weighted by Gasteiger charge is -2.37. The van der Waals surface area contributed by atoms with Gasteiger partial charge in [0.2, 0.25) is 5.91 Å². The summed E-state index contributed by atoms with van der Waals surface area (Å²) in [6, 6.07) is 17.1. The Morgan fingerprint density at radius 2 is 1.72 bits per heavy atom. The predicted octanol–water partition coefficient (Wildman–Crippen LogP) is 4.16. The molecule has 1 aromatic heterocycles. The molecule has 0 saturated carbocycles. The van der Waals surface area contributed by atoms with E-state index < -0.39 is 0 Å². The summed E-state index contributed by atoms with van der Waals surface area (Å²) in [7, 11) is 0. The van der Waals surface area contributed by atoms with Crippen molar-refractivity contribution in [3.05, 3.63) is 71.2 Å². The summed E-state index contributed by atoms with van der Waals surface area (Å²) < 4.78 is 0. The van der Waals surface area contributed by atoms with Crippen molar-refractivity contribution in [2.45, 2.75) is 26.4 Å². The molecule has 4 rings (SSSR count). The van der Waals surface area contributed by atoms with Crippen molar-refractivity contribution in [3.63, 3.8) is 0 Å². The van der Waals surface area contributed by atoms with Crippen LogP contribution in [-0.4, -0.2) is 58.7 Å². The molecule has 1 aliphatic rings. The van der Waals surface area contributed by atoms with E-state index in [1.807, 2.05) is 25.1 Å². The van der Waals surface area contributed by atoms with E-state index in [9.17, 15) is 9.59 Å². The van der Waals surface area contributed by atoms with Crippen LogP contribution in [0.3, 0.4) is 0 Å². The minimum absolute atomic E-state index is 0.0167. The van der Waals surface area contributed by atoms with Gasteiger partial charge in [0.1, 0.15) is 5.01 Å². The molecular weight excluding hydrogens is 420 g/mol. The van der Waals surface area contributed by atoms with Crippen molar-refractivity contribution in [2.24, 2.45) is 0 Å². The number of nitrogens with one attached hydrogen (secondary N) is 1. The molecule has 1 atom stereocenters. The van der Waals surface area contributed by atoms with Crippen molar-refractivity contribution >= 4 is 28.7 Å². The molecule has 0 aliphatic carbocycles. The van der Waals surface area contributed by atoms with Crippen molar-refractivity contribution in [1.29, 1.82) is 0 Å². The summed E-state index contributed by atoms with van der Waals surface area (Å²) in [6.45, 7) is 7.81. The number of carbonyl (C=O) groups excluding carboxylic acids is 2. The van der Waals surface area contributed by atoms with Gasteiger partial charge in [-0.05, 0) is 38.1 Å². The van der Waals surface area contributed by atoms with Crippen LogP contribution >= 0.6 is 11.3 Å². The molecule has 0 radical (unpaired) electrons. The Kier molecular flexibility index (Phi) is 7.09. The van der Waals surface area contributed by atoms with Crippen LogP contribution < -0.4 is 5.32 Å². The van der Waals surface area contributed by atoms with E-state index in [0.717, 1.165) is 49.0 Å². The summed E-state index contributed by atoms with van der Waals surface area (Å²) in [6.07, 6.45) is 0. The number of hydrogen-bond acceptors (Lipinski definition) is 6. The number of rotatable bonds is 7. The highest BCUT2D eigenvalue weighted by atomic mass is 32.1. The fourth-order valence-electron chi connectivity index (χ4n) is 3.83. The molecule has 1 amide bonds. The van der Waals surface area contributed by atoms with Gasteiger partial charge in [0, 0.05) is 54.9 Å². The zero-order chi connectivity index (χ0) is 22.5. The van der Waals surface area contributed by atoms with Gasteiger partial charge in [-0.1, -0.05) is 30.3 Å². The topological polar surface area (TPSA) is 65.5 Å². The van der Waals surface area contributed by atoms with Gasteiger partial charge in [0.05, 0.1) is 11.7 Å². The monoisotopic (exact) mass is 448 g/mol. The fourth-order valence-corrected chi connectivity index (χ4v) is 4.65. The minimum atomic E-state index is -0.214. The molecule has 32 heavy (non-hydrogen) atoms. The van der Waals surface area contributed by atoms with E-state index in [0.29, 0.717) is 11.3 Å². The molecule has 1 N–H and O–H groups in total. The van der Waals surface area contributed by atoms with Crippen molar-refractivity contribution < 1.29 is 9.59 Å². The standard InChI is InChI=1S/C25H28N4O2S/c1-18(24(31)26-22-10-8-20(9-11-22)19(2)30)29-14-12-28(13-15-29)16-23-17-32-25(27-23)21-6-4-3-5-7-21/h3-11,17-18H,12-16H2,1-2H3,(H,26,31)/t18-/m0/s1. The Balaban J connectivity index is 1.26. The number of piperazine rings is 1. The first-order valence-corrected chi connectivity index (χ1v) is 11.8. The number of Topliss-reactive ketones (excluding diaryl/α,β-unsaturated/α-hetero) is 1. The van der Waals surface area contributed by atoms with E-state index in [1.165, 1.54) is 6.92 Å². The Labute approximate surface area is 192 Å². The first-order valence-electron chi connectivity index (χ1n) is 10.9. The predicted molar refractivity (Wildman–Crippen MR) is 129 cm³/mol. The first kappa shape index (κ1) is 22.3. The maximum Gasteiger partial charge on any atom is 0.241 e. The Morgan fingerprint density at radius 3 is 2.38 bits per heavy atom. The largest absolute Gasteiger partial charge is 0.325 e. The normalized spacial score (nSPS) is 15.9. The Hall–Kier alpha value is -2.87. The van der Waals surface area contributed by atoms with E-state index in [4.69, 9.17) is 4.98 Å². The van der Waals surface area contributed by atoms with Gasteiger partial charge in [-0.25, -0.2) is 4.98 Å². The lowest BCUT2D eigenvalue weighted by Crippen LogP contribution is -2.52. The molecule has 0 spiro atoms. The second kappa shape index (κ2) is 10.2. The lowest BCUT2D eigenvalue weighted by molar-refractivity contribution is -0.121. The number of ketones is 1. The van der Waals surface area contributed by atoms with Crippen LogP contribution in [0.1, 0.15) is 29.9 Å². The molecule has 1 fully saturated rings. The van der Waals surface area contributed by atoms with Gasteiger partial charge >= 0.3 is 0 Å². The molecule has 6 nitrogen and oxygen atoms in total. The molecule has 1 saturated heterocycles. The van der Waals surface area contributed by atoms with Crippen LogP contribution in [0.15, 0.2) is 60.0 Å². The van der Waals surface area contributed by atoms with Crippen LogP contribution in [0.4, 0.5) is 5.69 Å². The molecule has 1 aliphatic heterocycles. The van der Waals surface area contributed by atoms with Crippen LogP contribution in [0, 0.1) is 0 Å². The maximum absolute atomic E-state index is 12.7. The molecule has 7 heteroatoms. The van der Waals surface area contributed by atoms with E-state index in [1.54, 1.807) is 35.6 Å². The number of thiazole rings is 1. The van der Waals surface area contributed by atoms with Crippen molar-refractivity contribution in [2.75, 3.05) is 31.5 Å². The highest BCUT2D eigenvalue weighted by Gasteiger charge is 2.26. The van der Waals surface area contributed by atoms with E-state index in [-0.39, 0.29) is 17.7 Å². The molecule has 0 bridgehead atoms. The summed E-state index contributed by atoms with van der Waals surface area (Å²) >= 11 is 1.68. The summed E-state index contributed by atoms with van der Waals surface area (Å²) in [5, 5.41) is 6.16. The van der Waals surface area contributed by atoms with Gasteiger partial charge < -0.3 is 5.32 Å². The molecule has 3 aromatic rings. The number of benzene rings is 2. The Morgan fingerprint density at radius 1 is 1.03 bits per heavy atom. The zero-order valence-corrected chi connectivity index (χ0v) is 19.3. The molecule has 0 unspecified atom stereocenters. The molecular formula is C25H28N4O2S. The first-order chi connectivity index (χ1) is 15.5. The van der Waals surface area contributed by atoms with E-state index in [2.05, 4.69) is 32.6 Å². The third-order valence-electron chi connectivity index (χ3n) is 5.85. The zero-order valence-electron chi connectivity index (χ0n) is 18.5. The molecule has 2 heterocycles. The van der Waals surface area contributed by atoms with Crippen LogP contribution in [0.2, 0.25) is 0 Å². The maximum atomic E-state index is 12.7. The number of hydrogen-bond donors (Lipinski definition) is 1. The van der Waals surface area contributed by atoms with Crippen LogP contribution in [0.25, 0.3) is 10.6 Å². The Bertz CT molecular complexity index is 1060. The quantitative estimate of drug-likeness (QED) is 0.550. The number of anilines is 1. The van der Waals surface area contributed by atoms with Crippen LogP contribution in [-0.2, 0) is 11.3 Å². The summed E-state index contributed by atoms with van der Waals surface area (Å²) in [5.41, 5.74) is 3.61. The summed E-state index contributed by atoms with van der Waals surface area (Å²) in [5.74, 6) is -0.0101. The molecule has 2 aromatic carbocycles. The number of nitrogens with zero attached hydrogens (tertiary/aromatic N) is 3. The third kappa shape index (κ3) is 5.48. The second-order valence-electron chi connectivity index (χ2n) is 8.12. The average Bonchev–Trinajstić information content (AvgIpc) is 3.28. The molecule has 166 valence electrons. The third-order valence-corrected chi connectivity index (χ3v) is 6.79. The van der Waals surface area contributed by atoms with Crippen molar-refractivity contribution in [3.8, 4) is 10.6 Å². The van der Waals surface area contributed by atoms with E-state index >= 15 is 0 Å². The fraction of sp³-hybridized carbons (Fsp3) is 0.320. The minimum Gasteiger partial charge on any atom is -0.325 e. The number of amides is 1. The van der Waals surface area contributed by atoms with Gasteiger partial charge in [-0.15, -0.1) is 11.3 Å². The van der Waals surface area contributed by atoms with Crippen LogP contribution in [0.5, 0.6) is 0 Å². The summed E-state index contributed by atoms with van der Waals surface area (Å²) in [4.78, 5) is 33.5. The van der Waals surface area contributed by atoms with Gasteiger partial charge in [-0.3, -0.25) is 19.4 Å². The number of aromatic nitrogens is 1. The highest BCUT2D eigenvalue weighted by molar-refractivity contribution is 7.13. The number of carbonyl (C=O) groups is 2. The average molecular weight is 449 g/mol. The SMILES string of the molecule is CC(=O)c1ccc(NC(=O)[C@H](C)N2CCN(Cc3csc(-c4ccccc4)n3)CC2)cc1. The lowest BCUT2D eigenvalue weighted by atomic mass is 10.1. The smallest absolute Gasteiger partial charge is 0.241 e. The highest BCUT2D eigenvalue weighted by Crippen LogP contribution is 2.24. The van der Waals surface area contributed by atoms with Crippen molar-refractivity contribution in [1.82, 2.24) is 14.8 Å². The van der Waals surface area contributed by atoms with Gasteiger partial charge in [0.25, 0.3) is 0 Å².